The molecule has 1 heterocycles. The number of benzene rings is 1. The summed E-state index contributed by atoms with van der Waals surface area (Å²) < 4.78 is 28.9. The second-order valence-corrected chi connectivity index (χ2v) is 6.27. The van der Waals surface area contributed by atoms with Crippen molar-refractivity contribution < 1.29 is 8.42 Å². The van der Waals surface area contributed by atoms with Gasteiger partial charge >= 0.3 is 0 Å². The molecule has 108 valence electrons. The van der Waals surface area contributed by atoms with Crippen LogP contribution in [0.2, 0.25) is 0 Å². The normalized spacial score (nSPS) is 11.6. The van der Waals surface area contributed by atoms with Crippen LogP contribution in [0.5, 0.6) is 0 Å². The molecule has 0 bridgehead atoms. The molecule has 5 nitrogen and oxygen atoms in total. The van der Waals surface area contributed by atoms with Gasteiger partial charge in [-0.25, -0.2) is 8.42 Å². The Kier molecular flexibility index (Phi) is 4.13. The van der Waals surface area contributed by atoms with Crippen molar-refractivity contribution in [2.75, 3.05) is 4.72 Å². The lowest BCUT2D eigenvalue weighted by Gasteiger charge is -2.07. The highest BCUT2D eigenvalue weighted by atomic mass is 32.2. The van der Waals surface area contributed by atoms with E-state index in [1.54, 1.807) is 29.9 Å². The Morgan fingerprint density at radius 1 is 1.20 bits per heavy atom. The Balaban J connectivity index is 2.27. The van der Waals surface area contributed by atoms with Crippen LogP contribution < -0.4 is 4.72 Å². The van der Waals surface area contributed by atoms with Gasteiger partial charge in [-0.1, -0.05) is 19.1 Å². The van der Waals surface area contributed by atoms with E-state index in [9.17, 15) is 8.42 Å². The van der Waals surface area contributed by atoms with Gasteiger partial charge in [-0.2, -0.15) is 5.10 Å². The Morgan fingerprint density at radius 3 is 2.35 bits per heavy atom. The Morgan fingerprint density at radius 2 is 1.85 bits per heavy atom. The molecule has 0 spiro atoms. The van der Waals surface area contributed by atoms with E-state index in [1.807, 2.05) is 26.0 Å². The third-order valence-electron chi connectivity index (χ3n) is 3.16. The number of rotatable bonds is 5. The highest BCUT2D eigenvalue weighted by Gasteiger charge is 2.16. The summed E-state index contributed by atoms with van der Waals surface area (Å²) in [5, 5.41) is 4.22. The molecule has 0 saturated heterocycles. The summed E-state index contributed by atoms with van der Waals surface area (Å²) in [7, 11) is -3.56. The average molecular weight is 293 g/mol. The molecule has 0 aliphatic rings. The van der Waals surface area contributed by atoms with E-state index in [2.05, 4.69) is 9.82 Å². The fraction of sp³-hybridized carbons (Fsp3) is 0.357. The predicted molar refractivity (Wildman–Crippen MR) is 79.3 cm³/mol. The van der Waals surface area contributed by atoms with Crippen molar-refractivity contribution in [1.29, 1.82) is 0 Å². The second kappa shape index (κ2) is 5.66. The molecule has 2 aromatic rings. The van der Waals surface area contributed by atoms with Crippen molar-refractivity contribution in [2.45, 2.75) is 38.6 Å². The smallest absolute Gasteiger partial charge is 0.262 e. The minimum absolute atomic E-state index is 0.262. The summed E-state index contributed by atoms with van der Waals surface area (Å²) in [6, 6.07) is 6.91. The second-order valence-electron chi connectivity index (χ2n) is 4.59. The van der Waals surface area contributed by atoms with Crippen molar-refractivity contribution >= 4 is 15.7 Å². The van der Waals surface area contributed by atoms with Crippen LogP contribution in [0.3, 0.4) is 0 Å². The lowest BCUT2D eigenvalue weighted by molar-refractivity contribution is 0.601. The quantitative estimate of drug-likeness (QED) is 0.921. The number of anilines is 1. The molecule has 0 atom stereocenters. The summed E-state index contributed by atoms with van der Waals surface area (Å²) in [5.41, 5.74) is 2.30. The van der Waals surface area contributed by atoms with E-state index in [4.69, 9.17) is 0 Å². The molecule has 6 heteroatoms. The Hall–Kier alpha value is -1.82. The van der Waals surface area contributed by atoms with Gasteiger partial charge in [-0.05, 0) is 38.0 Å². The lowest BCUT2D eigenvalue weighted by atomic mass is 10.2. The summed E-state index contributed by atoms with van der Waals surface area (Å²) >= 11 is 0. The van der Waals surface area contributed by atoms with E-state index in [1.165, 1.54) is 0 Å². The van der Waals surface area contributed by atoms with Crippen LogP contribution in [0.25, 0.3) is 0 Å². The highest BCUT2D eigenvalue weighted by Crippen LogP contribution is 2.19. The minimum atomic E-state index is -3.56. The zero-order chi connectivity index (χ0) is 14.8. The van der Waals surface area contributed by atoms with Crippen LogP contribution in [0.1, 0.15) is 25.1 Å². The van der Waals surface area contributed by atoms with E-state index in [0.29, 0.717) is 17.9 Å². The molecule has 20 heavy (non-hydrogen) atoms. The number of hydrogen-bond acceptors (Lipinski definition) is 3. The fourth-order valence-corrected chi connectivity index (χ4v) is 2.99. The topological polar surface area (TPSA) is 64.0 Å². The molecule has 0 aliphatic heterocycles. The molecule has 0 radical (unpaired) electrons. The number of sulfonamides is 1. The van der Waals surface area contributed by atoms with E-state index >= 15 is 0 Å². The Labute approximate surface area is 119 Å². The van der Waals surface area contributed by atoms with Gasteiger partial charge in [0.15, 0.2) is 0 Å². The van der Waals surface area contributed by atoms with Gasteiger partial charge in [-0.3, -0.25) is 9.40 Å². The standard InChI is InChI=1S/C14H19N3O2S/c1-4-12-6-8-13(9-7-12)20(18,19)16-14-10-17(5-2)15-11(14)3/h6-10,16H,4-5H2,1-3H3. The van der Waals surface area contributed by atoms with E-state index in [0.717, 1.165) is 12.0 Å². The minimum Gasteiger partial charge on any atom is -0.276 e. The van der Waals surface area contributed by atoms with Crippen LogP contribution in [0.15, 0.2) is 35.4 Å². The third-order valence-corrected chi connectivity index (χ3v) is 4.54. The van der Waals surface area contributed by atoms with Gasteiger partial charge in [0, 0.05) is 12.7 Å². The van der Waals surface area contributed by atoms with Gasteiger partial charge in [0.05, 0.1) is 16.3 Å². The molecule has 1 N–H and O–H groups in total. The van der Waals surface area contributed by atoms with Gasteiger partial charge < -0.3 is 0 Å². The van der Waals surface area contributed by atoms with E-state index in [-0.39, 0.29) is 4.90 Å². The fourth-order valence-electron chi connectivity index (χ4n) is 1.89. The number of aryl methyl sites for hydroxylation is 3. The first-order chi connectivity index (χ1) is 9.46. The third kappa shape index (κ3) is 3.01. The maximum Gasteiger partial charge on any atom is 0.262 e. The molecule has 0 amide bonds. The van der Waals surface area contributed by atoms with Gasteiger partial charge in [0.1, 0.15) is 0 Å². The largest absolute Gasteiger partial charge is 0.276 e. The maximum atomic E-state index is 12.3. The number of aromatic nitrogens is 2. The summed E-state index contributed by atoms with van der Waals surface area (Å²) in [5.74, 6) is 0. The maximum absolute atomic E-state index is 12.3. The number of nitrogens with zero attached hydrogens (tertiary/aromatic N) is 2. The van der Waals surface area contributed by atoms with Crippen LogP contribution in [0.4, 0.5) is 5.69 Å². The zero-order valence-electron chi connectivity index (χ0n) is 11.9. The zero-order valence-corrected chi connectivity index (χ0v) is 12.7. The first kappa shape index (κ1) is 14.6. The Bertz CT molecular complexity index is 688. The monoisotopic (exact) mass is 293 g/mol. The van der Waals surface area contributed by atoms with Crippen LogP contribution in [-0.4, -0.2) is 18.2 Å². The molecular weight excluding hydrogens is 274 g/mol. The summed E-state index contributed by atoms with van der Waals surface area (Å²) in [6.45, 7) is 6.47. The molecule has 0 fully saturated rings. The van der Waals surface area contributed by atoms with Gasteiger partial charge in [-0.15, -0.1) is 0 Å². The molecule has 0 saturated carbocycles. The predicted octanol–water partition coefficient (Wildman–Crippen LogP) is 2.57. The van der Waals surface area contributed by atoms with Crippen molar-refractivity contribution in [3.05, 3.63) is 41.7 Å². The van der Waals surface area contributed by atoms with Crippen molar-refractivity contribution in [3.63, 3.8) is 0 Å². The molecule has 0 unspecified atom stereocenters. The number of hydrogen-bond donors (Lipinski definition) is 1. The van der Waals surface area contributed by atoms with Crippen molar-refractivity contribution in [2.24, 2.45) is 0 Å². The van der Waals surface area contributed by atoms with Crippen molar-refractivity contribution in [3.8, 4) is 0 Å². The van der Waals surface area contributed by atoms with Gasteiger partial charge in [0.25, 0.3) is 10.0 Å². The van der Waals surface area contributed by atoms with E-state index < -0.39 is 10.0 Å². The SMILES string of the molecule is CCc1ccc(S(=O)(=O)Nc2cn(CC)nc2C)cc1. The molecule has 2 rings (SSSR count). The molecule has 0 aliphatic carbocycles. The molecular formula is C14H19N3O2S. The van der Waals surface area contributed by atoms with Crippen LogP contribution >= 0.6 is 0 Å². The highest BCUT2D eigenvalue weighted by molar-refractivity contribution is 7.92. The first-order valence-electron chi connectivity index (χ1n) is 6.62. The molecule has 1 aromatic carbocycles. The lowest BCUT2D eigenvalue weighted by Crippen LogP contribution is -2.13. The van der Waals surface area contributed by atoms with Crippen LogP contribution in [0, 0.1) is 6.92 Å². The average Bonchev–Trinajstić information content (AvgIpc) is 2.79. The van der Waals surface area contributed by atoms with Crippen LogP contribution in [-0.2, 0) is 23.0 Å². The summed E-state index contributed by atoms with van der Waals surface area (Å²) in [4.78, 5) is 0.262. The number of nitrogens with one attached hydrogen (secondary N) is 1. The molecule has 1 aromatic heterocycles. The first-order valence-corrected chi connectivity index (χ1v) is 8.10. The van der Waals surface area contributed by atoms with Gasteiger partial charge in [0.2, 0.25) is 0 Å². The van der Waals surface area contributed by atoms with Crippen molar-refractivity contribution in [1.82, 2.24) is 9.78 Å². The summed E-state index contributed by atoms with van der Waals surface area (Å²) in [6.07, 6.45) is 2.59.